The first kappa shape index (κ1) is 17.6. The lowest BCUT2D eigenvalue weighted by Crippen LogP contribution is -2.49. The third-order valence-electron chi connectivity index (χ3n) is 4.29. The van der Waals surface area contributed by atoms with Gasteiger partial charge in [-0.1, -0.05) is 13.8 Å². The van der Waals surface area contributed by atoms with Crippen LogP contribution in [0.25, 0.3) is 10.9 Å². The second kappa shape index (κ2) is 6.79. The number of nitrogens with two attached hydrogens (primary N) is 1. The monoisotopic (exact) mass is 332 g/mol. The number of nitrogens with one attached hydrogen (secondary N) is 2. The first-order chi connectivity index (χ1) is 11.3. The molecular weight excluding hydrogens is 312 g/mol. The highest BCUT2D eigenvalue weighted by Gasteiger charge is 2.22. The van der Waals surface area contributed by atoms with Crippen molar-refractivity contribution in [3.8, 4) is 0 Å². The van der Waals surface area contributed by atoms with Gasteiger partial charge < -0.3 is 16.0 Å². The molecule has 128 valence electrons. The topological polar surface area (TPSA) is 131 Å². The Morgan fingerprint density at radius 3 is 2.58 bits per heavy atom. The molecular formula is C16H20N4O4. The van der Waals surface area contributed by atoms with Crippen LogP contribution in [0.1, 0.15) is 37.0 Å². The van der Waals surface area contributed by atoms with E-state index in [9.17, 15) is 19.7 Å². The molecule has 0 atom stereocenters. The fourth-order valence-corrected chi connectivity index (χ4v) is 2.39. The second-order valence-corrected chi connectivity index (χ2v) is 5.79. The van der Waals surface area contributed by atoms with Crippen LogP contribution in [0.5, 0.6) is 0 Å². The zero-order valence-corrected chi connectivity index (χ0v) is 13.6. The smallest absolute Gasteiger partial charge is 0.270 e. The van der Waals surface area contributed by atoms with Crippen LogP contribution in [0.4, 0.5) is 5.69 Å². The molecule has 0 spiro atoms. The predicted octanol–water partition coefficient (Wildman–Crippen LogP) is 1.68. The normalized spacial score (nSPS) is 11.5. The van der Waals surface area contributed by atoms with E-state index in [4.69, 9.17) is 5.73 Å². The number of non-ortho nitro benzene ring substituents is 1. The molecule has 4 N–H and O–H groups in total. The van der Waals surface area contributed by atoms with Gasteiger partial charge in [-0.25, -0.2) is 0 Å². The number of aromatic nitrogens is 1. The van der Waals surface area contributed by atoms with Gasteiger partial charge in [0.2, 0.25) is 5.56 Å². The summed E-state index contributed by atoms with van der Waals surface area (Å²) in [4.78, 5) is 37.2. The number of fused-ring (bicyclic) bond motifs is 1. The summed E-state index contributed by atoms with van der Waals surface area (Å²) >= 11 is 0. The van der Waals surface area contributed by atoms with E-state index in [0.29, 0.717) is 23.7 Å². The molecule has 24 heavy (non-hydrogen) atoms. The zero-order valence-electron chi connectivity index (χ0n) is 13.6. The van der Waals surface area contributed by atoms with Gasteiger partial charge in [-0.15, -0.1) is 0 Å². The summed E-state index contributed by atoms with van der Waals surface area (Å²) in [7, 11) is 0. The molecule has 8 heteroatoms. The number of pyridine rings is 1. The summed E-state index contributed by atoms with van der Waals surface area (Å²) in [5.41, 5.74) is 5.48. The molecule has 8 nitrogen and oxygen atoms in total. The maximum atomic E-state index is 12.5. The molecule has 2 rings (SSSR count). The molecule has 1 aromatic carbocycles. The number of amides is 1. The third kappa shape index (κ3) is 3.60. The number of hydrogen-bond donors (Lipinski definition) is 3. The number of nitro benzene ring substituents is 1. The van der Waals surface area contributed by atoms with E-state index in [1.165, 1.54) is 18.2 Å². The first-order valence-corrected chi connectivity index (χ1v) is 7.68. The molecule has 0 saturated heterocycles. The summed E-state index contributed by atoms with van der Waals surface area (Å²) in [6.07, 6.45) is 1.37. The van der Waals surface area contributed by atoms with Crippen LogP contribution < -0.4 is 16.6 Å². The van der Waals surface area contributed by atoms with Gasteiger partial charge >= 0.3 is 0 Å². The lowest BCUT2D eigenvalue weighted by Gasteiger charge is -2.26. The number of carbonyl (C=O) groups is 1. The van der Waals surface area contributed by atoms with E-state index in [0.717, 1.165) is 6.07 Å². The van der Waals surface area contributed by atoms with Crippen LogP contribution in [0, 0.1) is 10.1 Å². The van der Waals surface area contributed by atoms with E-state index >= 15 is 0 Å². The van der Waals surface area contributed by atoms with Gasteiger partial charge in [0, 0.05) is 41.2 Å². The Kier molecular flexibility index (Phi) is 4.99. The number of hydrogen-bond acceptors (Lipinski definition) is 5. The Morgan fingerprint density at radius 1 is 1.33 bits per heavy atom. The third-order valence-corrected chi connectivity index (χ3v) is 4.29. The molecule has 0 saturated carbocycles. The largest absolute Gasteiger partial charge is 0.350 e. The van der Waals surface area contributed by atoms with Crippen LogP contribution in [0.2, 0.25) is 0 Å². The van der Waals surface area contributed by atoms with Crippen molar-refractivity contribution < 1.29 is 9.72 Å². The quantitative estimate of drug-likeness (QED) is 0.547. The minimum atomic E-state index is -0.550. The van der Waals surface area contributed by atoms with Crippen molar-refractivity contribution in [2.75, 3.05) is 6.54 Å². The van der Waals surface area contributed by atoms with Crippen molar-refractivity contribution in [2.45, 2.75) is 32.2 Å². The maximum absolute atomic E-state index is 12.5. The molecule has 0 fully saturated rings. The molecule has 0 bridgehead atoms. The van der Waals surface area contributed by atoms with Crippen LogP contribution in [0.3, 0.4) is 0 Å². The molecule has 0 aliphatic heterocycles. The van der Waals surface area contributed by atoms with E-state index in [2.05, 4.69) is 10.3 Å². The molecule has 0 aliphatic rings. The average Bonchev–Trinajstić information content (AvgIpc) is 2.58. The number of benzene rings is 1. The molecule has 1 amide bonds. The fraction of sp³-hybridized carbons (Fsp3) is 0.375. The number of aromatic amines is 1. The van der Waals surface area contributed by atoms with Gasteiger partial charge in [0.15, 0.2) is 0 Å². The molecule has 1 aromatic heterocycles. The lowest BCUT2D eigenvalue weighted by molar-refractivity contribution is -0.384. The molecule has 1 heterocycles. The maximum Gasteiger partial charge on any atom is 0.270 e. The second-order valence-electron chi connectivity index (χ2n) is 5.79. The number of carbonyl (C=O) groups excluding carboxylic acids is 1. The number of H-pyrrole nitrogens is 1. The Hall–Kier alpha value is -2.74. The molecule has 0 unspecified atom stereocenters. The summed E-state index contributed by atoms with van der Waals surface area (Å²) < 4.78 is 0. The zero-order chi connectivity index (χ0) is 17.9. The van der Waals surface area contributed by atoms with Gasteiger partial charge in [0.05, 0.1) is 10.5 Å². The summed E-state index contributed by atoms with van der Waals surface area (Å²) in [5.74, 6) is -0.483. The highest BCUT2D eigenvalue weighted by atomic mass is 16.6. The standard InChI is InChI=1S/C16H20N4O4/c1-3-16(17,4-2)9-18-15(22)12-8-14(21)19-13-6-5-10(20(23)24)7-11(12)13/h5-8H,3-4,9,17H2,1-2H3,(H,18,22)(H,19,21). The van der Waals surface area contributed by atoms with E-state index in [1.54, 1.807) is 0 Å². The minimum Gasteiger partial charge on any atom is -0.350 e. The molecule has 0 aliphatic carbocycles. The number of nitrogens with zero attached hydrogens (tertiary/aromatic N) is 1. The highest BCUT2D eigenvalue weighted by molar-refractivity contribution is 6.06. The van der Waals surface area contributed by atoms with Crippen molar-refractivity contribution in [2.24, 2.45) is 5.73 Å². The van der Waals surface area contributed by atoms with Gasteiger partial charge in [-0.05, 0) is 18.9 Å². The Labute approximate surface area is 138 Å². The predicted molar refractivity (Wildman–Crippen MR) is 91.1 cm³/mol. The van der Waals surface area contributed by atoms with Crippen molar-refractivity contribution >= 4 is 22.5 Å². The van der Waals surface area contributed by atoms with Crippen molar-refractivity contribution in [3.63, 3.8) is 0 Å². The highest BCUT2D eigenvalue weighted by Crippen LogP contribution is 2.21. The van der Waals surface area contributed by atoms with Crippen LogP contribution in [-0.2, 0) is 0 Å². The van der Waals surface area contributed by atoms with Crippen molar-refractivity contribution in [1.29, 1.82) is 0 Å². The average molecular weight is 332 g/mol. The Balaban J connectivity index is 2.43. The van der Waals surface area contributed by atoms with Crippen molar-refractivity contribution in [3.05, 3.63) is 50.3 Å². The first-order valence-electron chi connectivity index (χ1n) is 7.68. The summed E-state index contributed by atoms with van der Waals surface area (Å²) in [6.45, 7) is 4.12. The Bertz CT molecular complexity index is 840. The SMILES string of the molecule is CCC(N)(CC)CNC(=O)c1cc(=O)[nH]c2ccc([N+](=O)[O-])cc12. The number of nitro groups is 1. The summed E-state index contributed by atoms with van der Waals surface area (Å²) in [6, 6.07) is 5.10. The Morgan fingerprint density at radius 2 is 2.00 bits per heavy atom. The number of rotatable bonds is 6. The van der Waals surface area contributed by atoms with E-state index in [1.807, 2.05) is 13.8 Å². The van der Waals surface area contributed by atoms with Crippen molar-refractivity contribution in [1.82, 2.24) is 10.3 Å². The minimum absolute atomic E-state index is 0.0898. The van der Waals surface area contributed by atoms with Gasteiger partial charge in [0.1, 0.15) is 0 Å². The van der Waals surface area contributed by atoms with E-state index < -0.39 is 21.9 Å². The van der Waals surface area contributed by atoms with Crippen LogP contribution >= 0.6 is 0 Å². The lowest BCUT2D eigenvalue weighted by atomic mass is 9.94. The molecule has 2 aromatic rings. The van der Waals surface area contributed by atoms with E-state index in [-0.39, 0.29) is 17.8 Å². The van der Waals surface area contributed by atoms with Gasteiger partial charge in [-0.2, -0.15) is 0 Å². The molecule has 0 radical (unpaired) electrons. The summed E-state index contributed by atoms with van der Waals surface area (Å²) in [5, 5.41) is 14.0. The van der Waals surface area contributed by atoms with Crippen LogP contribution in [0.15, 0.2) is 29.1 Å². The van der Waals surface area contributed by atoms with Gasteiger partial charge in [-0.3, -0.25) is 19.7 Å². The van der Waals surface area contributed by atoms with Crippen LogP contribution in [-0.4, -0.2) is 27.9 Å². The fourth-order valence-electron chi connectivity index (χ4n) is 2.39. The van der Waals surface area contributed by atoms with Gasteiger partial charge in [0.25, 0.3) is 11.6 Å².